The molecule has 0 aliphatic heterocycles. The Balaban J connectivity index is 2.54. The minimum absolute atomic E-state index is 0.287. The van der Waals surface area contributed by atoms with E-state index in [9.17, 15) is 9.18 Å². The lowest BCUT2D eigenvalue weighted by molar-refractivity contribution is -0.151. The van der Waals surface area contributed by atoms with E-state index >= 15 is 0 Å². The summed E-state index contributed by atoms with van der Waals surface area (Å²) in [4.78, 5) is 12.0. The Bertz CT molecular complexity index is 422. The number of carbonyl (C=O) groups is 1. The van der Waals surface area contributed by atoms with E-state index in [1.54, 1.807) is 26.0 Å². The molecule has 1 atom stereocenters. The highest BCUT2D eigenvalue weighted by atomic mass is 19.1. The molecule has 0 bridgehead atoms. The molecular formula is C15H22FNO3. The molecular weight excluding hydrogens is 261 g/mol. The van der Waals surface area contributed by atoms with E-state index in [0.29, 0.717) is 31.9 Å². The number of likely N-dealkylation sites (N-methyl/N-ethyl adjacent to an activating group) is 1. The maximum atomic E-state index is 12.8. The summed E-state index contributed by atoms with van der Waals surface area (Å²) in [5, 5.41) is 3.12. The second-order valence-corrected chi connectivity index (χ2v) is 4.64. The van der Waals surface area contributed by atoms with Gasteiger partial charge in [0.2, 0.25) is 0 Å². The van der Waals surface area contributed by atoms with Gasteiger partial charge in [0.15, 0.2) is 0 Å². The summed E-state index contributed by atoms with van der Waals surface area (Å²) in [6.45, 7) is 6.85. The minimum Gasteiger partial charge on any atom is -0.494 e. The average Bonchev–Trinajstić information content (AvgIpc) is 2.41. The van der Waals surface area contributed by atoms with Gasteiger partial charge >= 0.3 is 5.97 Å². The molecule has 0 aliphatic rings. The second-order valence-electron chi connectivity index (χ2n) is 4.64. The zero-order valence-corrected chi connectivity index (χ0v) is 12.2. The number of ether oxygens (including phenoxy) is 2. The van der Waals surface area contributed by atoms with Crippen molar-refractivity contribution in [1.82, 2.24) is 5.32 Å². The van der Waals surface area contributed by atoms with E-state index < -0.39 is 5.54 Å². The number of hydrogen-bond donors (Lipinski definition) is 1. The zero-order valence-electron chi connectivity index (χ0n) is 12.2. The molecule has 20 heavy (non-hydrogen) atoms. The van der Waals surface area contributed by atoms with Gasteiger partial charge in [0, 0.05) is 6.42 Å². The third-order valence-corrected chi connectivity index (χ3v) is 2.98. The fraction of sp³-hybridized carbons (Fsp3) is 0.533. The van der Waals surface area contributed by atoms with Crippen molar-refractivity contribution in [2.75, 3.05) is 19.8 Å². The summed E-state index contributed by atoms with van der Waals surface area (Å²) in [5.74, 6) is -0.0139. The van der Waals surface area contributed by atoms with Crippen LogP contribution in [-0.2, 0) is 9.53 Å². The van der Waals surface area contributed by atoms with Crippen LogP contribution < -0.4 is 10.1 Å². The molecule has 0 aliphatic carbocycles. The molecule has 0 aromatic heterocycles. The lowest BCUT2D eigenvalue weighted by Gasteiger charge is -2.28. The van der Waals surface area contributed by atoms with Crippen molar-refractivity contribution in [3.63, 3.8) is 0 Å². The topological polar surface area (TPSA) is 47.6 Å². The summed E-state index contributed by atoms with van der Waals surface area (Å²) < 4.78 is 23.4. The Labute approximate surface area is 119 Å². The maximum absolute atomic E-state index is 12.8. The number of esters is 1. The number of benzene rings is 1. The van der Waals surface area contributed by atoms with Crippen molar-refractivity contribution in [3.05, 3.63) is 30.1 Å². The van der Waals surface area contributed by atoms with Crippen LogP contribution in [-0.4, -0.2) is 31.3 Å². The Hall–Kier alpha value is -1.62. The van der Waals surface area contributed by atoms with E-state index in [2.05, 4.69) is 5.32 Å². The van der Waals surface area contributed by atoms with Crippen LogP contribution in [0.25, 0.3) is 0 Å². The van der Waals surface area contributed by atoms with Gasteiger partial charge < -0.3 is 14.8 Å². The van der Waals surface area contributed by atoms with Gasteiger partial charge in [0.05, 0.1) is 13.2 Å². The first kappa shape index (κ1) is 16.4. The molecule has 4 nitrogen and oxygen atoms in total. The van der Waals surface area contributed by atoms with E-state index in [4.69, 9.17) is 9.47 Å². The highest BCUT2D eigenvalue weighted by molar-refractivity contribution is 5.80. The van der Waals surface area contributed by atoms with Crippen LogP contribution in [0.5, 0.6) is 5.75 Å². The molecule has 1 unspecified atom stereocenters. The molecule has 0 spiro atoms. The summed E-state index contributed by atoms with van der Waals surface area (Å²) >= 11 is 0. The summed E-state index contributed by atoms with van der Waals surface area (Å²) in [5.41, 5.74) is -0.773. The van der Waals surface area contributed by atoms with Crippen LogP contribution in [0, 0.1) is 5.82 Å². The van der Waals surface area contributed by atoms with Gasteiger partial charge in [0.25, 0.3) is 0 Å². The fourth-order valence-corrected chi connectivity index (χ4v) is 1.85. The predicted molar refractivity (Wildman–Crippen MR) is 75.2 cm³/mol. The Morgan fingerprint density at radius 1 is 1.30 bits per heavy atom. The third kappa shape index (κ3) is 4.81. The summed E-state index contributed by atoms with van der Waals surface area (Å²) in [7, 11) is 0. The standard InChI is InChI=1S/C15H22FNO3/c1-4-17-15(3,14(18)19-5-2)10-11-20-13-8-6-12(16)7-9-13/h6-9,17H,4-5,10-11H2,1-3H3. The average molecular weight is 283 g/mol. The summed E-state index contributed by atoms with van der Waals surface area (Å²) in [6, 6.07) is 5.79. The molecule has 0 saturated heterocycles. The Morgan fingerprint density at radius 2 is 1.95 bits per heavy atom. The third-order valence-electron chi connectivity index (χ3n) is 2.98. The van der Waals surface area contributed by atoms with Crippen molar-refractivity contribution in [2.45, 2.75) is 32.7 Å². The molecule has 1 N–H and O–H groups in total. The van der Waals surface area contributed by atoms with Crippen LogP contribution in [0.3, 0.4) is 0 Å². The largest absolute Gasteiger partial charge is 0.494 e. The van der Waals surface area contributed by atoms with E-state index in [1.807, 2.05) is 6.92 Å². The molecule has 1 rings (SSSR count). The van der Waals surface area contributed by atoms with Crippen LogP contribution in [0.2, 0.25) is 0 Å². The van der Waals surface area contributed by atoms with Gasteiger partial charge in [-0.2, -0.15) is 0 Å². The quantitative estimate of drug-likeness (QED) is 0.745. The van der Waals surface area contributed by atoms with Crippen LogP contribution in [0.15, 0.2) is 24.3 Å². The van der Waals surface area contributed by atoms with Gasteiger partial charge in [-0.15, -0.1) is 0 Å². The lowest BCUT2D eigenvalue weighted by atomic mass is 9.98. The van der Waals surface area contributed by atoms with Gasteiger partial charge in [0.1, 0.15) is 17.1 Å². The number of nitrogens with one attached hydrogen (secondary N) is 1. The number of rotatable bonds is 8. The molecule has 112 valence electrons. The molecule has 1 aromatic carbocycles. The molecule has 1 aromatic rings. The van der Waals surface area contributed by atoms with Crippen LogP contribution in [0.4, 0.5) is 4.39 Å². The van der Waals surface area contributed by atoms with Crippen molar-refractivity contribution in [3.8, 4) is 5.75 Å². The molecule has 0 amide bonds. The normalized spacial score (nSPS) is 13.6. The van der Waals surface area contributed by atoms with E-state index in [-0.39, 0.29) is 11.8 Å². The molecule has 5 heteroatoms. The highest BCUT2D eigenvalue weighted by Gasteiger charge is 2.33. The van der Waals surface area contributed by atoms with Crippen molar-refractivity contribution < 1.29 is 18.7 Å². The maximum Gasteiger partial charge on any atom is 0.326 e. The number of carbonyl (C=O) groups excluding carboxylic acids is 1. The van der Waals surface area contributed by atoms with Crippen LogP contribution in [0.1, 0.15) is 27.2 Å². The summed E-state index contributed by atoms with van der Waals surface area (Å²) in [6.07, 6.45) is 0.469. The minimum atomic E-state index is -0.773. The first-order valence-corrected chi connectivity index (χ1v) is 6.82. The predicted octanol–water partition coefficient (Wildman–Crippen LogP) is 2.53. The smallest absolute Gasteiger partial charge is 0.326 e. The zero-order chi connectivity index (χ0) is 15.0. The molecule has 0 heterocycles. The first-order valence-electron chi connectivity index (χ1n) is 6.82. The number of halogens is 1. The Kier molecular flexibility index (Phi) is 6.45. The molecule has 0 saturated carbocycles. The van der Waals surface area contributed by atoms with E-state index in [0.717, 1.165) is 0 Å². The van der Waals surface area contributed by atoms with Gasteiger partial charge in [-0.25, -0.2) is 4.39 Å². The lowest BCUT2D eigenvalue weighted by Crippen LogP contribution is -2.51. The SMILES string of the molecule is CCNC(C)(CCOc1ccc(F)cc1)C(=O)OCC. The van der Waals surface area contributed by atoms with Gasteiger partial charge in [-0.05, 0) is 44.7 Å². The second kappa shape index (κ2) is 7.85. The van der Waals surface area contributed by atoms with Gasteiger partial charge in [-0.3, -0.25) is 4.79 Å². The van der Waals surface area contributed by atoms with Crippen molar-refractivity contribution >= 4 is 5.97 Å². The van der Waals surface area contributed by atoms with Crippen molar-refractivity contribution in [1.29, 1.82) is 0 Å². The number of hydrogen-bond acceptors (Lipinski definition) is 4. The van der Waals surface area contributed by atoms with Crippen LogP contribution >= 0.6 is 0 Å². The molecule has 0 fully saturated rings. The molecule has 0 radical (unpaired) electrons. The Morgan fingerprint density at radius 3 is 2.50 bits per heavy atom. The van der Waals surface area contributed by atoms with Crippen molar-refractivity contribution in [2.24, 2.45) is 0 Å². The van der Waals surface area contributed by atoms with E-state index in [1.165, 1.54) is 12.1 Å². The highest BCUT2D eigenvalue weighted by Crippen LogP contribution is 2.16. The van der Waals surface area contributed by atoms with Gasteiger partial charge in [-0.1, -0.05) is 6.92 Å². The first-order chi connectivity index (χ1) is 9.51. The fourth-order valence-electron chi connectivity index (χ4n) is 1.85. The monoisotopic (exact) mass is 283 g/mol.